The van der Waals surface area contributed by atoms with E-state index in [0.29, 0.717) is 30.4 Å². The topological polar surface area (TPSA) is 69.0 Å². The molecule has 1 amide bonds. The number of nitrogens with zero attached hydrogens (tertiary/aromatic N) is 3. The number of hydrogen-bond donors (Lipinski definition) is 1. The molecule has 4 rings (SSSR count). The first kappa shape index (κ1) is 20.3. The van der Waals surface area contributed by atoms with E-state index in [1.165, 1.54) is 12.1 Å². The smallest absolute Gasteiger partial charge is 0.252 e. The maximum absolute atomic E-state index is 12.9. The fourth-order valence-corrected chi connectivity index (χ4v) is 3.44. The molecule has 30 heavy (non-hydrogen) atoms. The summed E-state index contributed by atoms with van der Waals surface area (Å²) in [4.78, 5) is 17.7. The summed E-state index contributed by atoms with van der Waals surface area (Å²) in [6.45, 7) is 5.21. The molecule has 1 aliphatic carbocycles. The van der Waals surface area contributed by atoms with Gasteiger partial charge in [0.25, 0.3) is 5.91 Å². The van der Waals surface area contributed by atoms with Gasteiger partial charge in [-0.3, -0.25) is 4.79 Å². The molecule has 0 radical (unpaired) electrons. The number of aromatic nitrogens is 3. The quantitative estimate of drug-likeness (QED) is 0.523. The number of unbranched alkanes of at least 4 members (excludes halogenated alkanes) is 1. The first-order valence-corrected chi connectivity index (χ1v) is 10.6. The Morgan fingerprint density at radius 3 is 2.73 bits per heavy atom. The molecule has 1 saturated carbocycles. The van der Waals surface area contributed by atoms with Crippen molar-refractivity contribution in [2.75, 3.05) is 13.2 Å². The van der Waals surface area contributed by atoms with Crippen LogP contribution in [0, 0.1) is 5.82 Å². The Balaban J connectivity index is 1.34. The lowest BCUT2D eigenvalue weighted by molar-refractivity contribution is 0.0954. The third kappa shape index (κ3) is 4.61. The van der Waals surface area contributed by atoms with Crippen molar-refractivity contribution in [3.63, 3.8) is 0 Å². The lowest BCUT2D eigenvalue weighted by atomic mass is 10.1. The van der Waals surface area contributed by atoms with Crippen LogP contribution in [-0.2, 0) is 0 Å². The number of hydrogen-bond acceptors (Lipinski definition) is 4. The molecule has 0 bridgehead atoms. The number of carbonyl (C=O) groups excluding carboxylic acids is 1. The van der Waals surface area contributed by atoms with Crippen molar-refractivity contribution < 1.29 is 13.9 Å². The second kappa shape index (κ2) is 8.81. The van der Waals surface area contributed by atoms with Gasteiger partial charge in [-0.15, -0.1) is 0 Å². The molecule has 1 N–H and O–H groups in total. The lowest BCUT2D eigenvalue weighted by Crippen LogP contribution is -2.25. The number of carbonyl (C=O) groups is 1. The van der Waals surface area contributed by atoms with Gasteiger partial charge in [-0.2, -0.15) is 5.10 Å². The largest absolute Gasteiger partial charge is 0.494 e. The molecule has 2 aromatic heterocycles. The molecule has 6 nitrogen and oxygen atoms in total. The minimum absolute atomic E-state index is 0.0907. The van der Waals surface area contributed by atoms with Crippen LogP contribution >= 0.6 is 0 Å². The van der Waals surface area contributed by atoms with Crippen molar-refractivity contribution in [3.05, 3.63) is 53.6 Å². The zero-order valence-corrected chi connectivity index (χ0v) is 17.4. The van der Waals surface area contributed by atoms with Gasteiger partial charge in [-0.25, -0.2) is 14.1 Å². The van der Waals surface area contributed by atoms with Gasteiger partial charge >= 0.3 is 0 Å². The van der Waals surface area contributed by atoms with Gasteiger partial charge in [0, 0.05) is 24.2 Å². The monoisotopic (exact) mass is 410 g/mol. The third-order valence-electron chi connectivity index (χ3n) is 5.25. The highest BCUT2D eigenvalue weighted by Gasteiger charge is 2.28. The summed E-state index contributed by atoms with van der Waals surface area (Å²) in [5.74, 6) is 0.737. The molecule has 158 valence electrons. The Labute approximate surface area is 175 Å². The van der Waals surface area contributed by atoms with Crippen LogP contribution in [0.25, 0.3) is 11.0 Å². The normalized spacial score (nSPS) is 13.7. The number of pyridine rings is 1. The molecule has 1 aromatic carbocycles. The van der Waals surface area contributed by atoms with Crippen molar-refractivity contribution >= 4 is 16.9 Å². The molecule has 3 aromatic rings. The van der Waals surface area contributed by atoms with Crippen molar-refractivity contribution in [1.29, 1.82) is 0 Å². The van der Waals surface area contributed by atoms with E-state index in [-0.39, 0.29) is 17.8 Å². The van der Waals surface area contributed by atoms with Gasteiger partial charge in [-0.05, 0) is 69.9 Å². The van der Waals surface area contributed by atoms with Crippen LogP contribution in [0.5, 0.6) is 5.75 Å². The molecule has 0 unspecified atom stereocenters. The Kier molecular flexibility index (Phi) is 5.97. The number of nitrogens with one attached hydrogen (secondary N) is 1. The molecule has 1 fully saturated rings. The molecular weight excluding hydrogens is 383 g/mol. The van der Waals surface area contributed by atoms with Gasteiger partial charge in [-0.1, -0.05) is 0 Å². The molecule has 2 heterocycles. The first-order valence-electron chi connectivity index (χ1n) is 10.6. The van der Waals surface area contributed by atoms with Gasteiger partial charge in [0.15, 0.2) is 5.65 Å². The van der Waals surface area contributed by atoms with Crippen LogP contribution < -0.4 is 10.1 Å². The summed E-state index contributed by atoms with van der Waals surface area (Å²) in [6, 6.07) is 8.09. The number of rotatable bonds is 9. The van der Waals surface area contributed by atoms with Gasteiger partial charge in [0.2, 0.25) is 0 Å². The number of ether oxygens (including phenoxy) is 1. The van der Waals surface area contributed by atoms with E-state index in [4.69, 9.17) is 9.72 Å². The number of benzene rings is 1. The van der Waals surface area contributed by atoms with E-state index in [9.17, 15) is 9.18 Å². The molecule has 0 atom stereocenters. The van der Waals surface area contributed by atoms with E-state index in [1.807, 2.05) is 10.7 Å². The number of fused-ring (bicyclic) bond motifs is 1. The van der Waals surface area contributed by atoms with Gasteiger partial charge < -0.3 is 10.1 Å². The maximum Gasteiger partial charge on any atom is 0.252 e. The highest BCUT2D eigenvalue weighted by atomic mass is 19.1. The summed E-state index contributed by atoms with van der Waals surface area (Å²) in [6.07, 6.45) is 5.58. The molecule has 0 aliphatic heterocycles. The average Bonchev–Trinajstić information content (AvgIpc) is 3.49. The van der Waals surface area contributed by atoms with Gasteiger partial charge in [0.1, 0.15) is 11.6 Å². The fraction of sp³-hybridized carbons (Fsp3) is 0.435. The Morgan fingerprint density at radius 2 is 2.03 bits per heavy atom. The summed E-state index contributed by atoms with van der Waals surface area (Å²) < 4.78 is 20.4. The summed E-state index contributed by atoms with van der Waals surface area (Å²) in [5, 5.41) is 8.26. The standard InChI is InChI=1S/C23H27FN4O2/c1-15(2)28-22-20(14-26-28)19(13-21(27-22)16-5-6-16)23(29)25-11-3-4-12-30-18-9-7-17(24)8-10-18/h7-10,13-16H,3-6,11-12H2,1-2H3,(H,25,29). The first-order chi connectivity index (χ1) is 14.5. The maximum atomic E-state index is 12.9. The SMILES string of the molecule is CC(C)n1ncc2c(C(=O)NCCCCOc3ccc(F)cc3)cc(C3CC3)nc21. The molecular formula is C23H27FN4O2. The predicted octanol–water partition coefficient (Wildman–Crippen LogP) is 4.62. The average molecular weight is 410 g/mol. The van der Waals surface area contributed by atoms with E-state index in [0.717, 1.165) is 42.4 Å². The van der Waals surface area contributed by atoms with Crippen LogP contribution in [0.3, 0.4) is 0 Å². The van der Waals surface area contributed by atoms with E-state index in [2.05, 4.69) is 24.3 Å². The van der Waals surface area contributed by atoms with Crippen molar-refractivity contribution in [2.24, 2.45) is 0 Å². The summed E-state index contributed by atoms with van der Waals surface area (Å²) in [5.41, 5.74) is 2.42. The molecule has 1 aliphatic rings. The molecule has 7 heteroatoms. The minimum Gasteiger partial charge on any atom is -0.494 e. The second-order valence-corrected chi connectivity index (χ2v) is 8.05. The van der Waals surface area contributed by atoms with Crippen molar-refractivity contribution in [1.82, 2.24) is 20.1 Å². The highest BCUT2D eigenvalue weighted by molar-refractivity contribution is 6.05. The van der Waals surface area contributed by atoms with E-state index < -0.39 is 0 Å². The number of amides is 1. The predicted molar refractivity (Wildman–Crippen MR) is 113 cm³/mol. The van der Waals surface area contributed by atoms with Gasteiger partial charge in [0.05, 0.1) is 23.8 Å². The van der Waals surface area contributed by atoms with E-state index in [1.54, 1.807) is 18.3 Å². The Morgan fingerprint density at radius 1 is 1.27 bits per heavy atom. The Bertz CT molecular complexity index is 1030. The van der Waals surface area contributed by atoms with Crippen molar-refractivity contribution in [3.8, 4) is 5.75 Å². The summed E-state index contributed by atoms with van der Waals surface area (Å²) >= 11 is 0. The number of halogens is 1. The van der Waals surface area contributed by atoms with Crippen molar-refractivity contribution in [2.45, 2.75) is 51.5 Å². The van der Waals surface area contributed by atoms with E-state index >= 15 is 0 Å². The van der Waals surface area contributed by atoms with Crippen LogP contribution in [-0.4, -0.2) is 33.8 Å². The zero-order valence-electron chi connectivity index (χ0n) is 17.4. The molecule has 0 spiro atoms. The summed E-state index contributed by atoms with van der Waals surface area (Å²) in [7, 11) is 0. The lowest BCUT2D eigenvalue weighted by Gasteiger charge is -2.11. The van der Waals surface area contributed by atoms with Crippen LogP contribution in [0.1, 0.15) is 67.5 Å². The third-order valence-corrected chi connectivity index (χ3v) is 5.25. The second-order valence-electron chi connectivity index (χ2n) is 8.05. The zero-order chi connectivity index (χ0) is 21.1. The molecule has 0 saturated heterocycles. The minimum atomic E-state index is -0.279. The van der Waals surface area contributed by atoms with Crippen LogP contribution in [0.15, 0.2) is 36.5 Å². The fourth-order valence-electron chi connectivity index (χ4n) is 3.44. The Hall–Kier alpha value is -2.96. The highest BCUT2D eigenvalue weighted by Crippen LogP contribution is 2.40. The van der Waals surface area contributed by atoms with Crippen LogP contribution in [0.2, 0.25) is 0 Å². The van der Waals surface area contributed by atoms with Crippen LogP contribution in [0.4, 0.5) is 4.39 Å².